The molecule has 1 fully saturated rings. The highest BCUT2D eigenvalue weighted by molar-refractivity contribution is 4.72. The van der Waals surface area contributed by atoms with E-state index < -0.39 is 6.17 Å². The molecule has 1 rings (SSSR count). The topological polar surface area (TPSA) is 26.0 Å². The lowest BCUT2D eigenvalue weighted by atomic mass is 9.86. The van der Waals surface area contributed by atoms with E-state index in [-0.39, 0.29) is 0 Å². The molecule has 2 N–H and O–H groups in total. The first-order valence-electron chi connectivity index (χ1n) is 4.17. The van der Waals surface area contributed by atoms with Crippen LogP contribution < -0.4 is 5.73 Å². The standard InChI is InChI=1S/C8H16FN/c9-8-3-1-2-7(6-8)4-5-10/h7-8H,1-6,10H2/t7-,8+/m0/s1. The van der Waals surface area contributed by atoms with Crippen molar-refractivity contribution < 1.29 is 4.39 Å². The second-order valence-electron chi connectivity index (χ2n) is 3.21. The van der Waals surface area contributed by atoms with E-state index in [0.29, 0.717) is 5.92 Å². The van der Waals surface area contributed by atoms with E-state index in [9.17, 15) is 4.39 Å². The average Bonchev–Trinajstić information content (AvgIpc) is 1.88. The van der Waals surface area contributed by atoms with Gasteiger partial charge in [-0.15, -0.1) is 0 Å². The van der Waals surface area contributed by atoms with E-state index in [0.717, 1.165) is 32.2 Å². The SMILES string of the molecule is NCC[C@@H]1CCC[C@@H](F)C1. The first kappa shape index (κ1) is 7.99. The quantitative estimate of drug-likeness (QED) is 0.630. The third-order valence-electron chi connectivity index (χ3n) is 2.29. The van der Waals surface area contributed by atoms with Crippen molar-refractivity contribution in [3.8, 4) is 0 Å². The summed E-state index contributed by atoms with van der Waals surface area (Å²) in [5.74, 6) is 0.578. The van der Waals surface area contributed by atoms with Gasteiger partial charge in [0.25, 0.3) is 0 Å². The first-order chi connectivity index (χ1) is 4.83. The molecule has 0 aromatic carbocycles. The highest BCUT2D eigenvalue weighted by Gasteiger charge is 2.20. The van der Waals surface area contributed by atoms with Crippen molar-refractivity contribution in [2.45, 2.75) is 38.3 Å². The fraction of sp³-hybridized carbons (Fsp3) is 1.00. The molecule has 0 spiro atoms. The molecule has 0 bridgehead atoms. The van der Waals surface area contributed by atoms with Gasteiger partial charge < -0.3 is 5.73 Å². The van der Waals surface area contributed by atoms with Gasteiger partial charge in [-0.1, -0.05) is 12.8 Å². The van der Waals surface area contributed by atoms with E-state index in [1.807, 2.05) is 0 Å². The molecular weight excluding hydrogens is 129 g/mol. The summed E-state index contributed by atoms with van der Waals surface area (Å²) in [4.78, 5) is 0. The fourth-order valence-electron chi connectivity index (χ4n) is 1.72. The van der Waals surface area contributed by atoms with Gasteiger partial charge in [0.2, 0.25) is 0 Å². The molecule has 0 saturated heterocycles. The third kappa shape index (κ3) is 2.25. The molecule has 0 aromatic rings. The second-order valence-corrected chi connectivity index (χ2v) is 3.21. The minimum Gasteiger partial charge on any atom is -0.330 e. The Morgan fingerprint density at radius 1 is 1.40 bits per heavy atom. The molecule has 1 nitrogen and oxygen atoms in total. The maximum Gasteiger partial charge on any atom is 0.100 e. The van der Waals surface area contributed by atoms with Crippen molar-refractivity contribution in [2.24, 2.45) is 11.7 Å². The Kier molecular flexibility index (Phi) is 3.13. The van der Waals surface area contributed by atoms with E-state index in [4.69, 9.17) is 5.73 Å². The van der Waals surface area contributed by atoms with E-state index in [1.54, 1.807) is 0 Å². The number of rotatable bonds is 2. The smallest absolute Gasteiger partial charge is 0.100 e. The molecule has 0 radical (unpaired) electrons. The number of alkyl halides is 1. The van der Waals surface area contributed by atoms with Crippen LogP contribution in [-0.2, 0) is 0 Å². The Balaban J connectivity index is 2.18. The molecular formula is C8H16FN. The number of hydrogen-bond donors (Lipinski definition) is 1. The van der Waals surface area contributed by atoms with Crippen molar-refractivity contribution in [3.63, 3.8) is 0 Å². The van der Waals surface area contributed by atoms with Crippen LogP contribution >= 0.6 is 0 Å². The van der Waals surface area contributed by atoms with Crippen LogP contribution in [0.15, 0.2) is 0 Å². The largest absolute Gasteiger partial charge is 0.330 e. The van der Waals surface area contributed by atoms with Crippen molar-refractivity contribution in [1.82, 2.24) is 0 Å². The summed E-state index contributed by atoms with van der Waals surface area (Å²) in [5.41, 5.74) is 5.38. The maximum atomic E-state index is 12.7. The van der Waals surface area contributed by atoms with Crippen molar-refractivity contribution in [3.05, 3.63) is 0 Å². The first-order valence-corrected chi connectivity index (χ1v) is 4.17. The lowest BCUT2D eigenvalue weighted by Gasteiger charge is -2.23. The van der Waals surface area contributed by atoms with Gasteiger partial charge in [-0.3, -0.25) is 0 Å². The summed E-state index contributed by atoms with van der Waals surface area (Å²) in [6.45, 7) is 0.720. The van der Waals surface area contributed by atoms with Crippen LogP contribution in [0, 0.1) is 5.92 Å². The molecule has 2 atom stereocenters. The second kappa shape index (κ2) is 3.91. The van der Waals surface area contributed by atoms with Crippen molar-refractivity contribution >= 4 is 0 Å². The van der Waals surface area contributed by atoms with Crippen molar-refractivity contribution in [2.75, 3.05) is 6.54 Å². The van der Waals surface area contributed by atoms with Crippen LogP contribution in [-0.4, -0.2) is 12.7 Å². The highest BCUT2D eigenvalue weighted by atomic mass is 19.1. The van der Waals surface area contributed by atoms with Crippen LogP contribution in [0.2, 0.25) is 0 Å². The van der Waals surface area contributed by atoms with Gasteiger partial charge in [-0.05, 0) is 31.7 Å². The van der Waals surface area contributed by atoms with Crippen LogP contribution in [0.5, 0.6) is 0 Å². The van der Waals surface area contributed by atoms with Gasteiger partial charge >= 0.3 is 0 Å². The summed E-state index contributed by atoms with van der Waals surface area (Å²) in [5, 5.41) is 0. The summed E-state index contributed by atoms with van der Waals surface area (Å²) in [6, 6.07) is 0. The van der Waals surface area contributed by atoms with Crippen LogP contribution in [0.25, 0.3) is 0 Å². The molecule has 0 aliphatic heterocycles. The summed E-state index contributed by atoms with van der Waals surface area (Å²) >= 11 is 0. The minimum atomic E-state index is -0.537. The third-order valence-corrected chi connectivity index (χ3v) is 2.29. The zero-order valence-corrected chi connectivity index (χ0v) is 6.35. The average molecular weight is 145 g/mol. The molecule has 10 heavy (non-hydrogen) atoms. The van der Waals surface area contributed by atoms with Crippen LogP contribution in [0.3, 0.4) is 0 Å². The highest BCUT2D eigenvalue weighted by Crippen LogP contribution is 2.27. The zero-order chi connectivity index (χ0) is 7.40. The number of nitrogens with two attached hydrogens (primary N) is 1. The lowest BCUT2D eigenvalue weighted by Crippen LogP contribution is -2.18. The maximum absolute atomic E-state index is 12.7. The van der Waals surface area contributed by atoms with Gasteiger partial charge in [0.1, 0.15) is 6.17 Å². The summed E-state index contributed by atoms with van der Waals surface area (Å²) < 4.78 is 12.7. The van der Waals surface area contributed by atoms with Gasteiger partial charge in [0.15, 0.2) is 0 Å². The van der Waals surface area contributed by atoms with Gasteiger partial charge in [-0.2, -0.15) is 0 Å². The Morgan fingerprint density at radius 2 is 2.20 bits per heavy atom. The van der Waals surface area contributed by atoms with E-state index in [2.05, 4.69) is 0 Å². The number of hydrogen-bond acceptors (Lipinski definition) is 1. The molecule has 1 saturated carbocycles. The van der Waals surface area contributed by atoms with Crippen LogP contribution in [0.1, 0.15) is 32.1 Å². The predicted molar refractivity (Wildman–Crippen MR) is 40.5 cm³/mol. The van der Waals surface area contributed by atoms with Gasteiger partial charge in [-0.25, -0.2) is 4.39 Å². The minimum absolute atomic E-state index is 0.537. The monoisotopic (exact) mass is 145 g/mol. The molecule has 60 valence electrons. The van der Waals surface area contributed by atoms with Crippen molar-refractivity contribution in [1.29, 1.82) is 0 Å². The molecule has 1 aliphatic rings. The van der Waals surface area contributed by atoms with E-state index in [1.165, 1.54) is 6.42 Å². The Morgan fingerprint density at radius 3 is 2.80 bits per heavy atom. The fourth-order valence-corrected chi connectivity index (χ4v) is 1.72. The van der Waals surface area contributed by atoms with E-state index >= 15 is 0 Å². The normalized spacial score (nSPS) is 34.2. The summed E-state index contributed by atoms with van der Waals surface area (Å²) in [6.07, 6.45) is 4.27. The Labute approximate surface area is 61.8 Å². The number of halogens is 1. The molecule has 2 heteroatoms. The Hall–Kier alpha value is -0.110. The lowest BCUT2D eigenvalue weighted by molar-refractivity contribution is 0.193. The molecule has 0 amide bonds. The predicted octanol–water partition coefficient (Wildman–Crippen LogP) is 1.86. The van der Waals surface area contributed by atoms with Gasteiger partial charge in [0, 0.05) is 0 Å². The molecule has 0 unspecified atom stereocenters. The summed E-state index contributed by atoms with van der Waals surface area (Å²) in [7, 11) is 0. The molecule has 0 aromatic heterocycles. The van der Waals surface area contributed by atoms with Gasteiger partial charge in [0.05, 0.1) is 0 Å². The molecule has 0 heterocycles. The Bertz CT molecular complexity index is 93.3. The molecule has 1 aliphatic carbocycles. The van der Waals surface area contributed by atoms with Crippen LogP contribution in [0.4, 0.5) is 4.39 Å². The zero-order valence-electron chi connectivity index (χ0n) is 6.35.